The summed E-state index contributed by atoms with van der Waals surface area (Å²) in [6.45, 7) is 3.52. The molecule has 1 atom stereocenters. The van der Waals surface area contributed by atoms with Gasteiger partial charge in [-0.05, 0) is 37.6 Å². The quantitative estimate of drug-likeness (QED) is 0.927. The molecule has 0 saturated carbocycles. The molecule has 2 rings (SSSR count). The predicted molar refractivity (Wildman–Crippen MR) is 69.1 cm³/mol. The molecule has 0 aliphatic heterocycles. The number of aryl methyl sites for hydroxylation is 2. The molecule has 1 heterocycles. The van der Waals surface area contributed by atoms with Crippen LogP contribution in [0.2, 0.25) is 0 Å². The van der Waals surface area contributed by atoms with Gasteiger partial charge in [-0.1, -0.05) is 17.8 Å². The first-order chi connectivity index (χ1) is 8.47. The van der Waals surface area contributed by atoms with Crippen LogP contribution in [0.5, 0.6) is 0 Å². The maximum absolute atomic E-state index is 13.9. The van der Waals surface area contributed by atoms with Crippen LogP contribution in [0.15, 0.2) is 34.2 Å². The fourth-order valence-corrected chi connectivity index (χ4v) is 2.58. The minimum atomic E-state index is -0.655. The van der Waals surface area contributed by atoms with E-state index in [1.54, 1.807) is 23.7 Å². The van der Waals surface area contributed by atoms with Crippen LogP contribution < -0.4 is 0 Å². The van der Waals surface area contributed by atoms with Gasteiger partial charge in [0.1, 0.15) is 5.82 Å². The minimum absolute atomic E-state index is 0.322. The molecule has 0 saturated heterocycles. The van der Waals surface area contributed by atoms with Gasteiger partial charge >= 0.3 is 0 Å². The van der Waals surface area contributed by atoms with Crippen LogP contribution in [-0.4, -0.2) is 14.9 Å². The Kier molecular flexibility index (Phi) is 3.73. The van der Waals surface area contributed by atoms with Crippen LogP contribution in [-0.2, 0) is 7.05 Å². The van der Waals surface area contributed by atoms with Crippen LogP contribution >= 0.6 is 11.8 Å². The molecule has 1 aromatic heterocycles. The van der Waals surface area contributed by atoms with Gasteiger partial charge in [-0.25, -0.2) is 4.39 Å². The molecule has 0 radical (unpaired) electrons. The lowest BCUT2D eigenvalue weighted by Gasteiger charge is -2.07. The van der Waals surface area contributed by atoms with Crippen molar-refractivity contribution in [2.75, 3.05) is 0 Å². The van der Waals surface area contributed by atoms with Crippen LogP contribution in [0, 0.1) is 12.7 Å². The van der Waals surface area contributed by atoms with E-state index in [4.69, 9.17) is 0 Å². The van der Waals surface area contributed by atoms with E-state index in [1.807, 2.05) is 20.0 Å². The lowest BCUT2D eigenvalue weighted by atomic mass is 10.1. The van der Waals surface area contributed by atoms with Crippen molar-refractivity contribution in [2.45, 2.75) is 29.9 Å². The molecule has 2 aromatic rings. The molecule has 0 amide bonds. The van der Waals surface area contributed by atoms with E-state index in [9.17, 15) is 9.50 Å². The van der Waals surface area contributed by atoms with E-state index in [2.05, 4.69) is 5.10 Å². The van der Waals surface area contributed by atoms with Crippen molar-refractivity contribution in [1.82, 2.24) is 9.78 Å². The summed E-state index contributed by atoms with van der Waals surface area (Å²) in [7, 11) is 1.83. The summed E-state index contributed by atoms with van der Waals surface area (Å²) in [5.74, 6) is -0.322. The van der Waals surface area contributed by atoms with Crippen molar-refractivity contribution in [1.29, 1.82) is 0 Å². The molecular formula is C13H15FN2OS. The van der Waals surface area contributed by atoms with E-state index >= 15 is 0 Å². The lowest BCUT2D eigenvalue weighted by molar-refractivity contribution is 0.198. The first kappa shape index (κ1) is 13.1. The summed E-state index contributed by atoms with van der Waals surface area (Å²) in [6.07, 6.45) is -0.655. The Morgan fingerprint density at radius 1 is 1.39 bits per heavy atom. The van der Waals surface area contributed by atoms with E-state index in [0.717, 1.165) is 10.7 Å². The molecule has 5 heteroatoms. The van der Waals surface area contributed by atoms with Crippen molar-refractivity contribution < 1.29 is 9.50 Å². The maximum atomic E-state index is 13.9. The number of aliphatic hydroxyl groups is 1. The number of benzene rings is 1. The fourth-order valence-electron chi connectivity index (χ4n) is 1.65. The predicted octanol–water partition coefficient (Wildman–Crippen LogP) is 3.07. The summed E-state index contributed by atoms with van der Waals surface area (Å²) in [5.41, 5.74) is 1.49. The highest BCUT2D eigenvalue weighted by Gasteiger charge is 2.10. The molecule has 0 spiro atoms. The average molecular weight is 266 g/mol. The molecule has 0 bridgehead atoms. The SMILES string of the molecule is Cc1cc(Sc2ccc([C@@H](C)O)cc2F)n(C)n1. The smallest absolute Gasteiger partial charge is 0.137 e. The van der Waals surface area contributed by atoms with Crippen LogP contribution in [0.25, 0.3) is 0 Å². The molecular weight excluding hydrogens is 251 g/mol. The van der Waals surface area contributed by atoms with Gasteiger partial charge in [-0.3, -0.25) is 4.68 Å². The number of rotatable bonds is 3. The average Bonchev–Trinajstić information content (AvgIpc) is 2.60. The third-order valence-electron chi connectivity index (χ3n) is 2.61. The van der Waals surface area contributed by atoms with Crippen LogP contribution in [0.1, 0.15) is 24.3 Å². The van der Waals surface area contributed by atoms with Gasteiger partial charge in [0.25, 0.3) is 0 Å². The van der Waals surface area contributed by atoms with Crippen molar-refractivity contribution >= 4 is 11.8 Å². The zero-order chi connectivity index (χ0) is 13.3. The van der Waals surface area contributed by atoms with E-state index in [-0.39, 0.29) is 5.82 Å². The fraction of sp³-hybridized carbons (Fsp3) is 0.308. The Morgan fingerprint density at radius 2 is 2.11 bits per heavy atom. The van der Waals surface area contributed by atoms with Crippen LogP contribution in [0.3, 0.4) is 0 Å². The van der Waals surface area contributed by atoms with Crippen molar-refractivity contribution in [2.24, 2.45) is 7.05 Å². The third-order valence-corrected chi connectivity index (χ3v) is 3.75. The van der Waals surface area contributed by atoms with Gasteiger partial charge in [0.2, 0.25) is 0 Å². The molecule has 0 aliphatic rings. The number of hydrogen-bond acceptors (Lipinski definition) is 3. The van der Waals surface area contributed by atoms with Crippen molar-refractivity contribution in [3.05, 3.63) is 41.3 Å². The van der Waals surface area contributed by atoms with Gasteiger partial charge in [-0.2, -0.15) is 5.10 Å². The molecule has 1 N–H and O–H groups in total. The zero-order valence-electron chi connectivity index (χ0n) is 10.5. The monoisotopic (exact) mass is 266 g/mol. The highest BCUT2D eigenvalue weighted by Crippen LogP contribution is 2.31. The number of nitrogens with zero attached hydrogens (tertiary/aromatic N) is 2. The van der Waals surface area contributed by atoms with Gasteiger partial charge in [0, 0.05) is 11.9 Å². The summed E-state index contributed by atoms with van der Waals surface area (Å²) in [4.78, 5) is 0.530. The number of hydrogen-bond donors (Lipinski definition) is 1. The van der Waals surface area contributed by atoms with E-state index < -0.39 is 6.10 Å². The molecule has 1 aromatic carbocycles. The molecule has 96 valence electrons. The highest BCUT2D eigenvalue weighted by molar-refractivity contribution is 7.99. The normalized spacial score (nSPS) is 12.7. The van der Waals surface area contributed by atoms with Gasteiger partial charge < -0.3 is 5.11 Å². The maximum Gasteiger partial charge on any atom is 0.137 e. The second-order valence-corrected chi connectivity index (χ2v) is 5.28. The Labute approximate surface area is 110 Å². The van der Waals surface area contributed by atoms with Crippen LogP contribution in [0.4, 0.5) is 4.39 Å². The number of aliphatic hydroxyl groups excluding tert-OH is 1. The Balaban J connectivity index is 2.27. The number of aromatic nitrogens is 2. The second-order valence-electron chi connectivity index (χ2n) is 4.22. The van der Waals surface area contributed by atoms with Gasteiger partial charge in [0.05, 0.1) is 16.8 Å². The topological polar surface area (TPSA) is 38.0 Å². The molecule has 18 heavy (non-hydrogen) atoms. The summed E-state index contributed by atoms with van der Waals surface area (Å²) < 4.78 is 15.6. The summed E-state index contributed by atoms with van der Waals surface area (Å²) in [5, 5.41) is 14.5. The van der Waals surface area contributed by atoms with Gasteiger partial charge in [-0.15, -0.1) is 0 Å². The first-order valence-electron chi connectivity index (χ1n) is 5.63. The minimum Gasteiger partial charge on any atom is -0.389 e. The van der Waals surface area contributed by atoms with E-state index in [0.29, 0.717) is 10.5 Å². The van der Waals surface area contributed by atoms with E-state index in [1.165, 1.54) is 17.8 Å². The van der Waals surface area contributed by atoms with Crippen molar-refractivity contribution in [3.8, 4) is 0 Å². The Hall–Kier alpha value is -1.33. The zero-order valence-corrected chi connectivity index (χ0v) is 11.3. The Morgan fingerprint density at radius 3 is 2.61 bits per heavy atom. The number of halogens is 1. The standard InChI is InChI=1S/C13H15FN2OS/c1-8-6-13(16(3)15-8)18-12-5-4-10(9(2)17)7-11(12)14/h4-7,9,17H,1-3H3/t9-/m1/s1. The Bertz CT molecular complexity index is 566. The largest absolute Gasteiger partial charge is 0.389 e. The third kappa shape index (κ3) is 2.73. The molecule has 0 unspecified atom stereocenters. The van der Waals surface area contributed by atoms with Gasteiger partial charge in [0.15, 0.2) is 0 Å². The lowest BCUT2D eigenvalue weighted by Crippen LogP contribution is -1.95. The molecule has 0 fully saturated rings. The molecule has 0 aliphatic carbocycles. The summed E-state index contributed by atoms with van der Waals surface area (Å²) >= 11 is 1.33. The first-order valence-corrected chi connectivity index (χ1v) is 6.45. The second kappa shape index (κ2) is 5.12. The summed E-state index contributed by atoms with van der Waals surface area (Å²) in [6, 6.07) is 6.70. The highest BCUT2D eigenvalue weighted by atomic mass is 32.2. The van der Waals surface area contributed by atoms with Crippen molar-refractivity contribution in [3.63, 3.8) is 0 Å². The molecule has 3 nitrogen and oxygen atoms in total.